The fourth-order valence-electron chi connectivity index (χ4n) is 4.15. The molecule has 1 heterocycles. The summed E-state index contributed by atoms with van der Waals surface area (Å²) in [7, 11) is -3.63. The van der Waals surface area contributed by atoms with Crippen LogP contribution in [-0.4, -0.2) is 56.8 Å². The van der Waals surface area contributed by atoms with Crippen LogP contribution in [0.1, 0.15) is 45.6 Å². The third-order valence-corrected chi connectivity index (χ3v) is 7.47. The monoisotopic (exact) mass is 551 g/mol. The van der Waals surface area contributed by atoms with Gasteiger partial charge in [-0.05, 0) is 50.5 Å². The smallest absolute Gasteiger partial charge is 0.243 e. The van der Waals surface area contributed by atoms with E-state index in [2.05, 4.69) is 5.32 Å². The summed E-state index contributed by atoms with van der Waals surface area (Å²) >= 11 is 6.36. The molecule has 3 rings (SSSR count). The summed E-state index contributed by atoms with van der Waals surface area (Å²) < 4.78 is 37.0. The number of hydrogen-bond donors (Lipinski definition) is 1. The first-order valence-electron chi connectivity index (χ1n) is 12.2. The van der Waals surface area contributed by atoms with E-state index in [1.807, 2.05) is 32.9 Å². The molecule has 1 aliphatic rings. The van der Waals surface area contributed by atoms with Crippen LogP contribution >= 0.6 is 11.6 Å². The standard InChI is InChI=1S/C26H34ClN3O6S/c1-5-22(26(32)28-18(2)3)29(16-19-9-6-7-10-21(19)27)25(31)11-8-14-30(37(4,33)34)20-12-13-23-24(15-20)36-17-35-23/h6-7,9-10,12-13,15,18,22H,5,8,11,14,16-17H2,1-4H3,(H,28,32)/t22-/m1/s1. The third kappa shape index (κ3) is 7.52. The quantitative estimate of drug-likeness (QED) is 0.428. The van der Waals surface area contributed by atoms with Crippen LogP contribution < -0.4 is 19.1 Å². The lowest BCUT2D eigenvalue weighted by Crippen LogP contribution is -2.50. The van der Waals surface area contributed by atoms with E-state index in [4.69, 9.17) is 21.1 Å². The summed E-state index contributed by atoms with van der Waals surface area (Å²) in [6.45, 7) is 5.90. The maximum absolute atomic E-state index is 13.5. The van der Waals surface area contributed by atoms with Crippen LogP contribution in [-0.2, 0) is 26.2 Å². The summed E-state index contributed by atoms with van der Waals surface area (Å²) in [5.41, 5.74) is 1.15. The van der Waals surface area contributed by atoms with Gasteiger partial charge < -0.3 is 19.7 Å². The highest BCUT2D eigenvalue weighted by molar-refractivity contribution is 7.92. The number of sulfonamides is 1. The lowest BCUT2D eigenvalue weighted by atomic mass is 10.1. The number of carbonyl (C=O) groups excluding carboxylic acids is 2. The fourth-order valence-corrected chi connectivity index (χ4v) is 5.31. The second kappa shape index (κ2) is 12.5. The van der Waals surface area contributed by atoms with E-state index in [1.165, 1.54) is 9.21 Å². The lowest BCUT2D eigenvalue weighted by molar-refractivity contribution is -0.141. The van der Waals surface area contributed by atoms with Gasteiger partial charge in [0.25, 0.3) is 0 Å². The number of halogens is 1. The highest BCUT2D eigenvalue weighted by atomic mass is 35.5. The van der Waals surface area contributed by atoms with Crippen LogP contribution in [0.5, 0.6) is 11.5 Å². The van der Waals surface area contributed by atoms with Crippen LogP contribution in [0.4, 0.5) is 5.69 Å². The summed E-state index contributed by atoms with van der Waals surface area (Å²) in [6.07, 6.45) is 1.84. The first kappa shape index (κ1) is 28.6. The van der Waals surface area contributed by atoms with Crippen molar-refractivity contribution < 1.29 is 27.5 Å². The molecule has 1 atom stereocenters. The second-order valence-electron chi connectivity index (χ2n) is 9.18. The number of ether oxygens (including phenoxy) is 2. The average molecular weight is 552 g/mol. The molecule has 0 fully saturated rings. The van der Waals surface area contributed by atoms with Crippen molar-refractivity contribution in [1.29, 1.82) is 0 Å². The Balaban J connectivity index is 1.77. The van der Waals surface area contributed by atoms with Crippen molar-refractivity contribution in [2.75, 3.05) is 23.9 Å². The van der Waals surface area contributed by atoms with Crippen LogP contribution in [0.3, 0.4) is 0 Å². The largest absolute Gasteiger partial charge is 0.454 e. The maximum atomic E-state index is 13.5. The predicted octanol–water partition coefficient (Wildman–Crippen LogP) is 3.95. The zero-order chi connectivity index (χ0) is 27.2. The van der Waals surface area contributed by atoms with Gasteiger partial charge in [-0.2, -0.15) is 0 Å². The van der Waals surface area contributed by atoms with Crippen molar-refractivity contribution in [2.45, 2.75) is 58.7 Å². The Bertz CT molecular complexity index is 1220. The zero-order valence-electron chi connectivity index (χ0n) is 21.6. The molecule has 0 unspecified atom stereocenters. The molecular formula is C26H34ClN3O6S. The summed E-state index contributed by atoms with van der Waals surface area (Å²) in [5.74, 6) is 0.517. The van der Waals surface area contributed by atoms with Crippen molar-refractivity contribution in [3.63, 3.8) is 0 Å². The zero-order valence-corrected chi connectivity index (χ0v) is 23.1. The number of nitrogens with zero attached hydrogens (tertiary/aromatic N) is 2. The number of fused-ring (bicyclic) bond motifs is 1. The van der Waals surface area contributed by atoms with Gasteiger partial charge in [0.1, 0.15) is 6.04 Å². The molecule has 2 aromatic carbocycles. The first-order chi connectivity index (χ1) is 17.5. The van der Waals surface area contributed by atoms with Crippen LogP contribution in [0.2, 0.25) is 5.02 Å². The average Bonchev–Trinajstić information content (AvgIpc) is 3.29. The Morgan fingerprint density at radius 1 is 1.11 bits per heavy atom. The number of anilines is 1. The van der Waals surface area contributed by atoms with E-state index in [1.54, 1.807) is 30.3 Å². The van der Waals surface area contributed by atoms with E-state index in [0.717, 1.165) is 11.8 Å². The normalized spacial score (nSPS) is 13.4. The molecule has 37 heavy (non-hydrogen) atoms. The van der Waals surface area contributed by atoms with Crippen LogP contribution in [0.25, 0.3) is 0 Å². The van der Waals surface area contributed by atoms with Gasteiger partial charge in [0.05, 0.1) is 11.9 Å². The summed E-state index contributed by atoms with van der Waals surface area (Å²) in [6, 6.07) is 11.3. The number of benzene rings is 2. The molecular weight excluding hydrogens is 518 g/mol. The van der Waals surface area contributed by atoms with E-state index in [0.29, 0.717) is 28.6 Å². The number of carbonyl (C=O) groups is 2. The minimum absolute atomic E-state index is 0.0481. The molecule has 9 nitrogen and oxygen atoms in total. The molecule has 1 N–H and O–H groups in total. The van der Waals surface area contributed by atoms with Crippen molar-refractivity contribution in [3.05, 3.63) is 53.1 Å². The first-order valence-corrected chi connectivity index (χ1v) is 14.4. The highest BCUT2D eigenvalue weighted by Crippen LogP contribution is 2.36. The van der Waals surface area contributed by atoms with Crippen LogP contribution in [0, 0.1) is 0 Å². The Hall–Kier alpha value is -2.98. The van der Waals surface area contributed by atoms with E-state index >= 15 is 0 Å². The van der Waals surface area contributed by atoms with Gasteiger partial charge >= 0.3 is 0 Å². The van der Waals surface area contributed by atoms with Crippen molar-refractivity contribution in [1.82, 2.24) is 10.2 Å². The molecule has 11 heteroatoms. The van der Waals surface area contributed by atoms with Crippen molar-refractivity contribution >= 4 is 39.1 Å². The molecule has 0 saturated heterocycles. The van der Waals surface area contributed by atoms with Gasteiger partial charge in [-0.25, -0.2) is 8.42 Å². The van der Waals surface area contributed by atoms with E-state index in [-0.39, 0.29) is 50.6 Å². The molecule has 0 bridgehead atoms. The molecule has 202 valence electrons. The Labute approximate surface area is 223 Å². The SMILES string of the molecule is CC[C@H](C(=O)NC(C)C)N(Cc1ccccc1Cl)C(=O)CCCN(c1ccc2c(c1)OCO2)S(C)(=O)=O. The van der Waals surface area contributed by atoms with E-state index < -0.39 is 16.1 Å². The number of rotatable bonds is 12. The summed E-state index contributed by atoms with van der Waals surface area (Å²) in [5, 5.41) is 3.40. The minimum atomic E-state index is -3.63. The molecule has 2 amide bonds. The van der Waals surface area contributed by atoms with E-state index in [9.17, 15) is 18.0 Å². The molecule has 0 aromatic heterocycles. The van der Waals surface area contributed by atoms with Crippen molar-refractivity contribution in [3.8, 4) is 11.5 Å². The molecule has 2 aromatic rings. The third-order valence-electron chi connectivity index (χ3n) is 5.91. The predicted molar refractivity (Wildman–Crippen MR) is 143 cm³/mol. The molecule has 0 aliphatic carbocycles. The Kier molecular flexibility index (Phi) is 9.67. The molecule has 0 radical (unpaired) electrons. The van der Waals surface area contributed by atoms with Gasteiger partial charge in [0.15, 0.2) is 11.5 Å². The highest BCUT2D eigenvalue weighted by Gasteiger charge is 2.30. The topological polar surface area (TPSA) is 105 Å². The fraction of sp³-hybridized carbons (Fsp3) is 0.462. The van der Waals surface area contributed by atoms with Gasteiger partial charge in [0, 0.05) is 36.6 Å². The molecule has 0 saturated carbocycles. The number of nitrogens with one attached hydrogen (secondary N) is 1. The lowest BCUT2D eigenvalue weighted by Gasteiger charge is -2.32. The number of hydrogen-bond acceptors (Lipinski definition) is 6. The Morgan fingerprint density at radius 3 is 2.46 bits per heavy atom. The van der Waals surface area contributed by atoms with Gasteiger partial charge in [-0.3, -0.25) is 13.9 Å². The second-order valence-corrected chi connectivity index (χ2v) is 11.5. The number of amides is 2. The van der Waals surface area contributed by atoms with Crippen molar-refractivity contribution in [2.24, 2.45) is 0 Å². The van der Waals surface area contributed by atoms with Gasteiger partial charge in [0.2, 0.25) is 28.6 Å². The molecule has 0 spiro atoms. The molecule has 1 aliphatic heterocycles. The minimum Gasteiger partial charge on any atom is -0.454 e. The van der Waals surface area contributed by atoms with Crippen LogP contribution in [0.15, 0.2) is 42.5 Å². The summed E-state index contributed by atoms with van der Waals surface area (Å²) in [4.78, 5) is 28.0. The maximum Gasteiger partial charge on any atom is 0.243 e. The van der Waals surface area contributed by atoms with Gasteiger partial charge in [-0.15, -0.1) is 0 Å². The van der Waals surface area contributed by atoms with Gasteiger partial charge in [-0.1, -0.05) is 36.7 Å². The Morgan fingerprint density at radius 2 is 1.81 bits per heavy atom.